The van der Waals surface area contributed by atoms with Gasteiger partial charge < -0.3 is 15.3 Å². The maximum absolute atomic E-state index is 12.6. The molecule has 3 rings (SSSR count). The van der Waals surface area contributed by atoms with Gasteiger partial charge in [0.15, 0.2) is 0 Å². The summed E-state index contributed by atoms with van der Waals surface area (Å²) in [5.74, 6) is -1.31. The summed E-state index contributed by atoms with van der Waals surface area (Å²) in [5.41, 5.74) is 2.78. The van der Waals surface area contributed by atoms with E-state index in [1.54, 1.807) is 17.0 Å². The molecule has 1 heterocycles. The van der Waals surface area contributed by atoms with Crippen molar-refractivity contribution in [2.45, 2.75) is 32.4 Å². The number of nitrogens with one attached hydrogen (secondary N) is 1. The second-order valence-electron chi connectivity index (χ2n) is 6.43. The molecule has 2 aromatic carbocycles. The van der Waals surface area contributed by atoms with Crippen LogP contribution in [0.5, 0.6) is 0 Å². The van der Waals surface area contributed by atoms with Crippen LogP contribution in [0.1, 0.15) is 34.3 Å². The molecule has 1 atom stereocenters. The Kier molecular flexibility index (Phi) is 5.02. The number of hydrogen-bond acceptors (Lipinski definition) is 3. The van der Waals surface area contributed by atoms with Crippen LogP contribution in [0.15, 0.2) is 48.5 Å². The zero-order valence-corrected chi connectivity index (χ0v) is 14.4. The fraction of sp³-hybridized carbons (Fsp3) is 0.250. The summed E-state index contributed by atoms with van der Waals surface area (Å²) in [5, 5.41) is 11.7. The van der Waals surface area contributed by atoms with Crippen molar-refractivity contribution in [2.24, 2.45) is 0 Å². The van der Waals surface area contributed by atoms with Crippen LogP contribution in [-0.2, 0) is 16.1 Å². The maximum atomic E-state index is 12.6. The highest BCUT2D eigenvalue weighted by atomic mass is 16.4. The Balaban J connectivity index is 1.69. The van der Waals surface area contributed by atoms with Gasteiger partial charge in [-0.05, 0) is 43.2 Å². The highest BCUT2D eigenvalue weighted by Crippen LogP contribution is 2.23. The van der Waals surface area contributed by atoms with Gasteiger partial charge in [0.1, 0.15) is 6.04 Å². The minimum Gasteiger partial charge on any atom is -0.478 e. The van der Waals surface area contributed by atoms with E-state index in [1.807, 2.05) is 31.2 Å². The maximum Gasteiger partial charge on any atom is 0.335 e. The summed E-state index contributed by atoms with van der Waals surface area (Å²) in [6.07, 6.45) is 0.825. The highest BCUT2D eigenvalue weighted by Gasteiger charge is 2.35. The third kappa shape index (κ3) is 3.91. The Bertz CT molecular complexity index is 828. The van der Waals surface area contributed by atoms with Crippen molar-refractivity contribution in [3.8, 4) is 0 Å². The van der Waals surface area contributed by atoms with Gasteiger partial charge in [-0.2, -0.15) is 0 Å². The van der Waals surface area contributed by atoms with E-state index < -0.39 is 12.0 Å². The van der Waals surface area contributed by atoms with Gasteiger partial charge in [-0.3, -0.25) is 9.59 Å². The Morgan fingerprint density at radius 1 is 1.12 bits per heavy atom. The molecule has 0 radical (unpaired) electrons. The molecule has 0 saturated carbocycles. The molecule has 0 aromatic heterocycles. The van der Waals surface area contributed by atoms with Gasteiger partial charge in [-0.1, -0.05) is 29.8 Å². The molecular weight excluding hydrogens is 332 g/mol. The summed E-state index contributed by atoms with van der Waals surface area (Å²) >= 11 is 0. The van der Waals surface area contributed by atoms with Gasteiger partial charge in [0.05, 0.1) is 5.56 Å². The predicted molar refractivity (Wildman–Crippen MR) is 96.8 cm³/mol. The van der Waals surface area contributed by atoms with E-state index in [0.717, 1.165) is 11.1 Å². The number of carboxylic acids is 1. The molecule has 2 amide bonds. The van der Waals surface area contributed by atoms with Crippen molar-refractivity contribution < 1.29 is 19.5 Å². The molecular formula is C20H20N2O4. The van der Waals surface area contributed by atoms with Crippen LogP contribution < -0.4 is 5.32 Å². The second-order valence-corrected chi connectivity index (χ2v) is 6.43. The van der Waals surface area contributed by atoms with E-state index in [-0.39, 0.29) is 17.4 Å². The van der Waals surface area contributed by atoms with Gasteiger partial charge in [0.2, 0.25) is 11.8 Å². The lowest BCUT2D eigenvalue weighted by molar-refractivity contribution is -0.133. The first-order valence-electron chi connectivity index (χ1n) is 8.43. The number of benzene rings is 2. The quantitative estimate of drug-likeness (QED) is 0.866. The third-order valence-corrected chi connectivity index (χ3v) is 4.50. The molecule has 6 nitrogen and oxygen atoms in total. The number of carbonyl (C=O) groups is 3. The number of carbonyl (C=O) groups excluding carboxylic acids is 2. The van der Waals surface area contributed by atoms with Crippen LogP contribution in [0, 0.1) is 6.92 Å². The normalized spacial score (nSPS) is 16.6. The summed E-state index contributed by atoms with van der Waals surface area (Å²) in [4.78, 5) is 37.3. The number of rotatable bonds is 5. The zero-order chi connectivity index (χ0) is 18.7. The van der Waals surface area contributed by atoms with Crippen molar-refractivity contribution in [3.05, 3.63) is 65.2 Å². The summed E-state index contributed by atoms with van der Waals surface area (Å²) in [6.45, 7) is 2.39. The number of anilines is 1. The molecule has 0 bridgehead atoms. The van der Waals surface area contributed by atoms with E-state index >= 15 is 0 Å². The van der Waals surface area contributed by atoms with Gasteiger partial charge in [-0.15, -0.1) is 0 Å². The molecule has 6 heteroatoms. The van der Waals surface area contributed by atoms with Crippen molar-refractivity contribution in [2.75, 3.05) is 5.32 Å². The van der Waals surface area contributed by atoms with Gasteiger partial charge in [-0.25, -0.2) is 4.79 Å². The number of amides is 2. The van der Waals surface area contributed by atoms with E-state index in [4.69, 9.17) is 5.11 Å². The third-order valence-electron chi connectivity index (χ3n) is 4.50. The second kappa shape index (κ2) is 7.39. The van der Waals surface area contributed by atoms with Crippen LogP contribution in [0.4, 0.5) is 5.69 Å². The largest absolute Gasteiger partial charge is 0.478 e. The number of aryl methyl sites for hydroxylation is 1. The molecule has 1 unspecified atom stereocenters. The summed E-state index contributed by atoms with van der Waals surface area (Å²) < 4.78 is 0. The molecule has 134 valence electrons. The van der Waals surface area contributed by atoms with Crippen LogP contribution in [0.2, 0.25) is 0 Å². The average Bonchev–Trinajstić information content (AvgIpc) is 2.98. The molecule has 1 aliphatic rings. The van der Waals surface area contributed by atoms with Crippen molar-refractivity contribution in [1.82, 2.24) is 4.90 Å². The molecule has 2 aromatic rings. The van der Waals surface area contributed by atoms with E-state index in [1.165, 1.54) is 12.1 Å². The van der Waals surface area contributed by atoms with E-state index in [9.17, 15) is 14.4 Å². The Labute approximate surface area is 151 Å². The zero-order valence-electron chi connectivity index (χ0n) is 14.4. The highest BCUT2D eigenvalue weighted by molar-refractivity contribution is 5.99. The lowest BCUT2D eigenvalue weighted by atomic mass is 10.1. The predicted octanol–water partition coefficient (Wildman–Crippen LogP) is 2.82. The lowest BCUT2D eigenvalue weighted by Gasteiger charge is -2.24. The number of nitrogens with zero attached hydrogens (tertiary/aromatic N) is 1. The van der Waals surface area contributed by atoms with Crippen LogP contribution in [-0.4, -0.2) is 33.8 Å². The van der Waals surface area contributed by atoms with Gasteiger partial charge >= 0.3 is 5.97 Å². The number of hydrogen-bond donors (Lipinski definition) is 2. The van der Waals surface area contributed by atoms with E-state index in [2.05, 4.69) is 5.32 Å². The van der Waals surface area contributed by atoms with Crippen LogP contribution in [0.25, 0.3) is 0 Å². The Hall–Kier alpha value is -3.15. The van der Waals surface area contributed by atoms with Gasteiger partial charge in [0, 0.05) is 18.7 Å². The van der Waals surface area contributed by atoms with E-state index in [0.29, 0.717) is 25.1 Å². The fourth-order valence-electron chi connectivity index (χ4n) is 3.02. The Morgan fingerprint density at radius 2 is 1.77 bits per heavy atom. The Morgan fingerprint density at radius 3 is 2.38 bits per heavy atom. The molecule has 0 aliphatic carbocycles. The van der Waals surface area contributed by atoms with Crippen molar-refractivity contribution in [3.63, 3.8) is 0 Å². The summed E-state index contributed by atoms with van der Waals surface area (Å²) in [6, 6.07) is 13.3. The standard InChI is InChI=1S/C20H20N2O4/c1-13-2-4-14(5-3-13)12-22-17(10-11-18(22)23)19(24)21-16-8-6-15(7-9-16)20(25)26/h2-9,17H,10-12H2,1H3,(H,21,24)(H,25,26). The number of likely N-dealkylation sites (tertiary alicyclic amines) is 1. The van der Waals surface area contributed by atoms with Crippen LogP contribution >= 0.6 is 0 Å². The molecule has 1 fully saturated rings. The van der Waals surface area contributed by atoms with Crippen molar-refractivity contribution in [1.29, 1.82) is 0 Å². The lowest BCUT2D eigenvalue weighted by Crippen LogP contribution is -2.41. The number of carboxylic acid groups (broad SMARTS) is 1. The van der Waals surface area contributed by atoms with Gasteiger partial charge in [0.25, 0.3) is 0 Å². The first-order valence-corrected chi connectivity index (χ1v) is 8.43. The molecule has 1 saturated heterocycles. The molecule has 1 aliphatic heterocycles. The van der Waals surface area contributed by atoms with Crippen molar-refractivity contribution >= 4 is 23.5 Å². The first-order chi connectivity index (χ1) is 12.4. The SMILES string of the molecule is Cc1ccc(CN2C(=O)CCC2C(=O)Nc2ccc(C(=O)O)cc2)cc1. The molecule has 0 spiro atoms. The number of aromatic carboxylic acids is 1. The minimum absolute atomic E-state index is 0.0352. The molecule has 2 N–H and O–H groups in total. The topological polar surface area (TPSA) is 86.7 Å². The summed E-state index contributed by atoms with van der Waals surface area (Å²) in [7, 11) is 0. The fourth-order valence-corrected chi connectivity index (χ4v) is 3.02. The van der Waals surface area contributed by atoms with Crippen LogP contribution in [0.3, 0.4) is 0 Å². The monoisotopic (exact) mass is 352 g/mol. The minimum atomic E-state index is -1.02. The molecule has 26 heavy (non-hydrogen) atoms. The average molecular weight is 352 g/mol. The first kappa shape index (κ1) is 17.7. The smallest absolute Gasteiger partial charge is 0.335 e.